The number of halogens is 1. The van der Waals surface area contributed by atoms with Crippen LogP contribution in [0.4, 0.5) is 0 Å². The molecule has 0 radical (unpaired) electrons. The zero-order valence-corrected chi connectivity index (χ0v) is 12.2. The first kappa shape index (κ1) is 14.0. The summed E-state index contributed by atoms with van der Waals surface area (Å²) in [5, 5.41) is 0. The molecule has 1 rings (SSSR count). The van der Waals surface area contributed by atoms with E-state index in [1.54, 1.807) is 21.1 Å². The lowest BCUT2D eigenvalue weighted by molar-refractivity contribution is -0.116. The van der Waals surface area contributed by atoms with E-state index in [-0.39, 0.29) is 5.78 Å². The minimum Gasteiger partial charge on any atom is -0.495 e. The molecule has 94 valence electrons. The summed E-state index contributed by atoms with van der Waals surface area (Å²) >= 11 is 3.47. The van der Waals surface area contributed by atoms with Gasteiger partial charge in [-0.25, -0.2) is 0 Å². The van der Waals surface area contributed by atoms with Crippen LogP contribution in [-0.4, -0.2) is 20.0 Å². The summed E-state index contributed by atoms with van der Waals surface area (Å²) < 4.78 is 11.5. The monoisotopic (exact) mass is 300 g/mol. The van der Waals surface area contributed by atoms with Crippen molar-refractivity contribution >= 4 is 21.7 Å². The molecular weight excluding hydrogens is 284 g/mol. The fourth-order valence-corrected chi connectivity index (χ4v) is 2.66. The van der Waals surface area contributed by atoms with Crippen LogP contribution in [0.25, 0.3) is 0 Å². The zero-order valence-electron chi connectivity index (χ0n) is 10.6. The summed E-state index contributed by atoms with van der Waals surface area (Å²) in [4.78, 5) is 11.2. The van der Waals surface area contributed by atoms with Crippen LogP contribution >= 0.6 is 15.9 Å². The van der Waals surface area contributed by atoms with Gasteiger partial charge in [-0.1, -0.05) is 6.92 Å². The molecule has 0 N–H and O–H groups in total. The van der Waals surface area contributed by atoms with Gasteiger partial charge in [0.15, 0.2) is 0 Å². The van der Waals surface area contributed by atoms with Gasteiger partial charge >= 0.3 is 0 Å². The van der Waals surface area contributed by atoms with Gasteiger partial charge in [0, 0.05) is 12.0 Å². The lowest BCUT2D eigenvalue weighted by Gasteiger charge is -2.16. The summed E-state index contributed by atoms with van der Waals surface area (Å²) in [6.07, 6.45) is 1.22. The normalized spacial score (nSPS) is 10.2. The molecule has 0 amide bonds. The van der Waals surface area contributed by atoms with Gasteiger partial charge in [-0.3, -0.25) is 4.79 Å². The molecule has 0 saturated heterocycles. The van der Waals surface area contributed by atoms with Crippen LogP contribution in [0.3, 0.4) is 0 Å². The number of Topliss-reactive ketones (excluding diaryl/α,β-unsaturated/α-hetero) is 1. The minimum absolute atomic E-state index is 0.113. The standard InChI is InChI=1S/C13H17BrO3/c1-5-9-7-10(6-8(2)15)13(17-4)11(14)12(9)16-3/h7H,5-6H2,1-4H3. The van der Waals surface area contributed by atoms with Gasteiger partial charge in [0.2, 0.25) is 0 Å². The van der Waals surface area contributed by atoms with Crippen molar-refractivity contribution in [2.75, 3.05) is 14.2 Å². The first-order valence-corrected chi connectivity index (χ1v) is 6.26. The molecule has 0 spiro atoms. The molecule has 0 fully saturated rings. The van der Waals surface area contributed by atoms with Crippen LogP contribution in [0.2, 0.25) is 0 Å². The van der Waals surface area contributed by atoms with Gasteiger partial charge in [-0.15, -0.1) is 0 Å². The molecule has 1 aromatic carbocycles. The Labute approximate surface area is 110 Å². The number of ketones is 1. The second-order valence-corrected chi connectivity index (χ2v) is 4.60. The predicted octanol–water partition coefficient (Wildman–Crippen LogP) is 3.16. The zero-order chi connectivity index (χ0) is 13.0. The average Bonchev–Trinajstić information content (AvgIpc) is 2.28. The van der Waals surface area contributed by atoms with Crippen molar-refractivity contribution in [2.45, 2.75) is 26.7 Å². The Bertz CT molecular complexity index is 427. The van der Waals surface area contributed by atoms with E-state index in [0.717, 1.165) is 27.8 Å². The van der Waals surface area contributed by atoms with Crippen molar-refractivity contribution in [2.24, 2.45) is 0 Å². The maximum absolute atomic E-state index is 11.2. The number of carbonyl (C=O) groups excluding carboxylic acids is 1. The van der Waals surface area contributed by atoms with Crippen LogP contribution in [0, 0.1) is 0 Å². The Morgan fingerprint density at radius 2 is 1.76 bits per heavy atom. The minimum atomic E-state index is 0.113. The maximum Gasteiger partial charge on any atom is 0.140 e. The Morgan fingerprint density at radius 3 is 2.18 bits per heavy atom. The molecule has 0 aliphatic rings. The van der Waals surface area contributed by atoms with Gasteiger partial charge < -0.3 is 9.47 Å². The number of hydrogen-bond donors (Lipinski definition) is 0. The largest absolute Gasteiger partial charge is 0.495 e. The molecule has 0 atom stereocenters. The number of hydrogen-bond acceptors (Lipinski definition) is 3. The lowest BCUT2D eigenvalue weighted by Crippen LogP contribution is -2.03. The lowest BCUT2D eigenvalue weighted by atomic mass is 10.0. The van der Waals surface area contributed by atoms with Crippen LogP contribution in [0.1, 0.15) is 25.0 Å². The van der Waals surface area contributed by atoms with Gasteiger partial charge in [-0.2, -0.15) is 0 Å². The van der Waals surface area contributed by atoms with Crippen LogP contribution in [0.5, 0.6) is 11.5 Å². The molecule has 3 nitrogen and oxygen atoms in total. The summed E-state index contributed by atoms with van der Waals surface area (Å²) in [5.41, 5.74) is 1.96. The summed E-state index contributed by atoms with van der Waals surface area (Å²) in [5.74, 6) is 1.56. The van der Waals surface area contributed by atoms with Gasteiger partial charge in [0.25, 0.3) is 0 Å². The third-order valence-corrected chi connectivity index (χ3v) is 3.28. The van der Waals surface area contributed by atoms with Gasteiger partial charge in [-0.05, 0) is 40.9 Å². The molecule has 4 heteroatoms. The average molecular weight is 301 g/mol. The fourth-order valence-electron chi connectivity index (χ4n) is 1.83. The Balaban J connectivity index is 3.39. The smallest absolute Gasteiger partial charge is 0.140 e. The summed E-state index contributed by atoms with van der Waals surface area (Å²) in [6.45, 7) is 3.62. The maximum atomic E-state index is 11.2. The van der Waals surface area contributed by atoms with Crippen LogP contribution in [0.15, 0.2) is 10.5 Å². The molecular formula is C13H17BrO3. The molecule has 0 heterocycles. The van der Waals surface area contributed by atoms with E-state index in [9.17, 15) is 4.79 Å². The highest BCUT2D eigenvalue weighted by Gasteiger charge is 2.17. The predicted molar refractivity (Wildman–Crippen MR) is 71.0 cm³/mol. The molecule has 0 saturated carbocycles. The summed E-state index contributed by atoms with van der Waals surface area (Å²) in [7, 11) is 3.22. The van der Waals surface area contributed by atoms with Gasteiger partial charge in [0.1, 0.15) is 21.8 Å². The molecule has 0 aliphatic carbocycles. The van der Waals surface area contributed by atoms with Crippen LogP contribution in [-0.2, 0) is 17.6 Å². The number of rotatable bonds is 5. The van der Waals surface area contributed by atoms with Crippen LogP contribution < -0.4 is 9.47 Å². The second-order valence-electron chi connectivity index (χ2n) is 3.81. The Hall–Kier alpha value is -1.03. The van der Waals surface area contributed by atoms with Crippen molar-refractivity contribution in [3.63, 3.8) is 0 Å². The fraction of sp³-hybridized carbons (Fsp3) is 0.462. The first-order valence-electron chi connectivity index (χ1n) is 5.46. The number of benzene rings is 1. The van der Waals surface area contributed by atoms with E-state index in [1.165, 1.54) is 0 Å². The second kappa shape index (κ2) is 6.05. The third-order valence-electron chi connectivity index (χ3n) is 2.56. The highest BCUT2D eigenvalue weighted by Crippen LogP contribution is 2.40. The van der Waals surface area contributed by atoms with E-state index >= 15 is 0 Å². The van der Waals surface area contributed by atoms with E-state index in [0.29, 0.717) is 12.2 Å². The Morgan fingerprint density at radius 1 is 1.24 bits per heavy atom. The quantitative estimate of drug-likeness (QED) is 0.838. The van der Waals surface area contributed by atoms with E-state index in [1.807, 2.05) is 13.0 Å². The first-order chi connectivity index (χ1) is 8.04. The number of carbonyl (C=O) groups is 1. The van der Waals surface area contributed by atoms with Crippen molar-refractivity contribution in [3.05, 3.63) is 21.7 Å². The third kappa shape index (κ3) is 3.00. The SMILES string of the molecule is CCc1cc(CC(C)=O)c(OC)c(Br)c1OC. The highest BCUT2D eigenvalue weighted by molar-refractivity contribution is 9.10. The number of methoxy groups -OCH3 is 2. The highest BCUT2D eigenvalue weighted by atomic mass is 79.9. The molecule has 0 aliphatic heterocycles. The summed E-state index contributed by atoms with van der Waals surface area (Å²) in [6, 6.07) is 1.98. The van der Waals surface area contributed by atoms with Crippen molar-refractivity contribution in [3.8, 4) is 11.5 Å². The van der Waals surface area contributed by atoms with Crippen molar-refractivity contribution in [1.29, 1.82) is 0 Å². The van der Waals surface area contributed by atoms with E-state index in [4.69, 9.17) is 9.47 Å². The Kier molecular flexibility index (Phi) is 5.00. The molecule has 0 unspecified atom stereocenters. The molecule has 0 aromatic heterocycles. The van der Waals surface area contributed by atoms with Crippen molar-refractivity contribution < 1.29 is 14.3 Å². The molecule has 0 bridgehead atoms. The van der Waals surface area contributed by atoms with Gasteiger partial charge in [0.05, 0.1) is 14.2 Å². The molecule has 1 aromatic rings. The number of ether oxygens (including phenoxy) is 2. The van der Waals surface area contributed by atoms with E-state index in [2.05, 4.69) is 15.9 Å². The van der Waals surface area contributed by atoms with Crippen molar-refractivity contribution in [1.82, 2.24) is 0 Å². The number of aryl methyl sites for hydroxylation is 1. The van der Waals surface area contributed by atoms with E-state index < -0.39 is 0 Å². The molecule has 17 heavy (non-hydrogen) atoms. The topological polar surface area (TPSA) is 35.5 Å².